The van der Waals surface area contributed by atoms with E-state index >= 15 is 0 Å². The number of halogens is 1. The molecule has 0 aliphatic carbocycles. The van der Waals surface area contributed by atoms with E-state index in [1.165, 1.54) is 5.56 Å². The van der Waals surface area contributed by atoms with Crippen LogP contribution in [0, 0.1) is 13.8 Å². The third-order valence-electron chi connectivity index (χ3n) is 2.74. The van der Waals surface area contributed by atoms with Crippen molar-refractivity contribution in [3.8, 4) is 0 Å². The number of nitrogens with one attached hydrogen (secondary N) is 2. The molecule has 0 aliphatic rings. The summed E-state index contributed by atoms with van der Waals surface area (Å²) in [6.07, 6.45) is 0. The fourth-order valence-electron chi connectivity index (χ4n) is 1.69. The summed E-state index contributed by atoms with van der Waals surface area (Å²) < 4.78 is 0. The molecule has 0 fully saturated rings. The van der Waals surface area contributed by atoms with Crippen molar-refractivity contribution in [3.05, 3.63) is 58.6 Å². The molecule has 2 aromatic rings. The zero-order valence-electron chi connectivity index (χ0n) is 10.8. The Bertz CT molecular complexity index is 594. The third-order valence-corrected chi connectivity index (χ3v) is 3.20. The van der Waals surface area contributed by atoms with Gasteiger partial charge in [0.05, 0.1) is 0 Å². The highest BCUT2D eigenvalue weighted by Crippen LogP contribution is 2.18. The van der Waals surface area contributed by atoms with Gasteiger partial charge in [0.1, 0.15) is 0 Å². The lowest BCUT2D eigenvalue weighted by molar-refractivity contribution is 1.39. The van der Waals surface area contributed by atoms with Crippen molar-refractivity contribution in [1.29, 1.82) is 0 Å². The quantitative estimate of drug-likeness (QED) is 0.779. The molecule has 0 spiro atoms. The van der Waals surface area contributed by atoms with Crippen LogP contribution in [0.15, 0.2) is 42.5 Å². The highest BCUT2D eigenvalue weighted by Gasteiger charge is 2.02. The topological polar surface area (TPSA) is 24.1 Å². The molecule has 0 atom stereocenters. The second-order valence-corrected chi connectivity index (χ2v) is 5.25. The fourth-order valence-corrected chi connectivity index (χ4v) is 2.04. The molecule has 0 saturated heterocycles. The smallest absolute Gasteiger partial charge is 0.175 e. The van der Waals surface area contributed by atoms with Crippen molar-refractivity contribution in [2.75, 3.05) is 10.6 Å². The molecule has 0 aliphatic heterocycles. The Labute approximate surface area is 123 Å². The van der Waals surface area contributed by atoms with Gasteiger partial charge in [0.2, 0.25) is 0 Å². The summed E-state index contributed by atoms with van der Waals surface area (Å²) in [6, 6.07) is 13.7. The molecule has 19 heavy (non-hydrogen) atoms. The van der Waals surface area contributed by atoms with Gasteiger partial charge in [-0.25, -0.2) is 0 Å². The van der Waals surface area contributed by atoms with E-state index in [0.717, 1.165) is 16.9 Å². The van der Waals surface area contributed by atoms with Crippen LogP contribution in [0.25, 0.3) is 0 Å². The van der Waals surface area contributed by atoms with E-state index in [-0.39, 0.29) is 0 Å². The van der Waals surface area contributed by atoms with Gasteiger partial charge in [-0.1, -0.05) is 23.7 Å². The molecule has 2 aromatic carbocycles. The minimum absolute atomic E-state index is 0.566. The highest BCUT2D eigenvalue weighted by atomic mass is 35.5. The van der Waals surface area contributed by atoms with Crippen molar-refractivity contribution in [3.63, 3.8) is 0 Å². The fraction of sp³-hybridized carbons (Fsp3) is 0.133. The van der Waals surface area contributed by atoms with E-state index in [1.807, 2.05) is 31.2 Å². The zero-order valence-corrected chi connectivity index (χ0v) is 12.4. The van der Waals surface area contributed by atoms with Gasteiger partial charge >= 0.3 is 0 Å². The number of thiocarbonyl (C=S) groups is 1. The van der Waals surface area contributed by atoms with E-state index in [0.29, 0.717) is 10.1 Å². The molecule has 4 heteroatoms. The molecule has 0 aromatic heterocycles. The van der Waals surface area contributed by atoms with Crippen LogP contribution in [-0.2, 0) is 0 Å². The maximum Gasteiger partial charge on any atom is 0.175 e. The van der Waals surface area contributed by atoms with Crippen molar-refractivity contribution in [1.82, 2.24) is 0 Å². The summed E-state index contributed by atoms with van der Waals surface area (Å²) in [5.74, 6) is 0. The zero-order chi connectivity index (χ0) is 13.8. The summed E-state index contributed by atoms with van der Waals surface area (Å²) in [4.78, 5) is 0. The number of rotatable bonds is 2. The molecular formula is C15H15ClN2S. The Balaban J connectivity index is 2.05. The summed E-state index contributed by atoms with van der Waals surface area (Å²) in [7, 11) is 0. The third kappa shape index (κ3) is 3.94. The number of anilines is 2. The van der Waals surface area contributed by atoms with Gasteiger partial charge in [-0.15, -0.1) is 0 Å². The molecule has 0 radical (unpaired) electrons. The SMILES string of the molecule is Cc1ccc(C)c(NC(=S)Nc2ccc(Cl)cc2)c1. The van der Waals surface area contributed by atoms with Gasteiger partial charge in [0.25, 0.3) is 0 Å². The predicted octanol–water partition coefficient (Wildman–Crippen LogP) is 4.77. The molecule has 0 unspecified atom stereocenters. The second-order valence-electron chi connectivity index (χ2n) is 4.40. The number of aryl methyl sites for hydroxylation is 2. The first-order valence-electron chi connectivity index (χ1n) is 5.95. The number of benzene rings is 2. The maximum absolute atomic E-state index is 5.84. The van der Waals surface area contributed by atoms with Crippen molar-refractivity contribution in [2.45, 2.75) is 13.8 Å². The van der Waals surface area contributed by atoms with Crippen LogP contribution in [0.4, 0.5) is 11.4 Å². The lowest BCUT2D eigenvalue weighted by atomic mass is 10.1. The lowest BCUT2D eigenvalue weighted by Gasteiger charge is -2.13. The molecule has 0 heterocycles. The van der Waals surface area contributed by atoms with Crippen LogP contribution in [0.2, 0.25) is 5.02 Å². The van der Waals surface area contributed by atoms with Gasteiger partial charge < -0.3 is 10.6 Å². The molecule has 98 valence electrons. The van der Waals surface area contributed by atoms with Gasteiger partial charge in [0, 0.05) is 16.4 Å². The first-order valence-corrected chi connectivity index (χ1v) is 6.74. The highest BCUT2D eigenvalue weighted by molar-refractivity contribution is 7.80. The average molecular weight is 291 g/mol. The van der Waals surface area contributed by atoms with E-state index in [4.69, 9.17) is 23.8 Å². The van der Waals surface area contributed by atoms with E-state index < -0.39 is 0 Å². The van der Waals surface area contributed by atoms with E-state index in [9.17, 15) is 0 Å². The van der Waals surface area contributed by atoms with Gasteiger partial charge in [-0.3, -0.25) is 0 Å². The van der Waals surface area contributed by atoms with Crippen LogP contribution >= 0.6 is 23.8 Å². The number of hydrogen-bond acceptors (Lipinski definition) is 1. The normalized spacial score (nSPS) is 10.1. The summed E-state index contributed by atoms with van der Waals surface area (Å²) in [6.45, 7) is 4.10. The number of hydrogen-bond donors (Lipinski definition) is 2. The van der Waals surface area contributed by atoms with Crippen molar-refractivity contribution in [2.24, 2.45) is 0 Å². The predicted molar refractivity (Wildman–Crippen MR) is 87.2 cm³/mol. The average Bonchev–Trinajstić information content (AvgIpc) is 2.37. The van der Waals surface area contributed by atoms with Gasteiger partial charge in [-0.2, -0.15) is 0 Å². The van der Waals surface area contributed by atoms with Crippen molar-refractivity contribution >= 4 is 40.3 Å². The van der Waals surface area contributed by atoms with Crippen LogP contribution in [-0.4, -0.2) is 5.11 Å². The van der Waals surface area contributed by atoms with Gasteiger partial charge in [0.15, 0.2) is 5.11 Å². The first kappa shape index (κ1) is 13.8. The first-order chi connectivity index (χ1) is 9.04. The second kappa shape index (κ2) is 6.04. The van der Waals surface area contributed by atoms with E-state index in [1.54, 1.807) is 0 Å². The summed E-state index contributed by atoms with van der Waals surface area (Å²) >= 11 is 11.1. The molecule has 2 rings (SSSR count). The monoisotopic (exact) mass is 290 g/mol. The molecule has 0 bridgehead atoms. The molecule has 0 amide bonds. The maximum atomic E-state index is 5.84. The summed E-state index contributed by atoms with van der Waals surface area (Å²) in [5, 5.41) is 7.60. The molecular weight excluding hydrogens is 276 g/mol. The lowest BCUT2D eigenvalue weighted by Crippen LogP contribution is -2.19. The van der Waals surface area contributed by atoms with Crippen LogP contribution in [0.5, 0.6) is 0 Å². The Morgan fingerprint density at radius 1 is 1.00 bits per heavy atom. The van der Waals surface area contributed by atoms with Crippen molar-refractivity contribution < 1.29 is 0 Å². The van der Waals surface area contributed by atoms with Crippen LogP contribution < -0.4 is 10.6 Å². The summed E-state index contributed by atoms with van der Waals surface area (Å²) in [5.41, 5.74) is 4.28. The minimum atomic E-state index is 0.566. The standard InChI is InChI=1S/C15H15ClN2S/c1-10-3-4-11(2)14(9-10)18-15(19)17-13-7-5-12(16)6-8-13/h3-9H,1-2H3,(H2,17,18,19). The minimum Gasteiger partial charge on any atom is -0.332 e. The Morgan fingerprint density at radius 3 is 2.37 bits per heavy atom. The van der Waals surface area contributed by atoms with Crippen LogP contribution in [0.1, 0.15) is 11.1 Å². The van der Waals surface area contributed by atoms with Gasteiger partial charge in [-0.05, 0) is 67.5 Å². The Morgan fingerprint density at radius 2 is 1.68 bits per heavy atom. The van der Waals surface area contributed by atoms with Crippen LogP contribution in [0.3, 0.4) is 0 Å². The molecule has 0 saturated carbocycles. The Kier molecular flexibility index (Phi) is 4.40. The molecule has 2 N–H and O–H groups in total. The molecule has 2 nitrogen and oxygen atoms in total. The van der Waals surface area contributed by atoms with E-state index in [2.05, 4.69) is 35.8 Å². The Hall–Kier alpha value is -1.58. The largest absolute Gasteiger partial charge is 0.332 e.